The van der Waals surface area contributed by atoms with E-state index in [0.29, 0.717) is 33.8 Å². The minimum Gasteiger partial charge on any atom is -0.493 e. The van der Waals surface area contributed by atoms with Crippen molar-refractivity contribution < 1.29 is 32.5 Å². The molecule has 1 aromatic heterocycles. The van der Waals surface area contributed by atoms with Crippen LogP contribution in [0.5, 0.6) is 23.0 Å². The third kappa shape index (κ3) is 5.51. The molecule has 11 heteroatoms. The van der Waals surface area contributed by atoms with Gasteiger partial charge in [0.1, 0.15) is 11.4 Å². The number of nitrogens with zero attached hydrogens (tertiary/aromatic N) is 1. The molecule has 0 radical (unpaired) electrons. The Morgan fingerprint density at radius 1 is 1.00 bits per heavy atom. The predicted molar refractivity (Wildman–Crippen MR) is 113 cm³/mol. The molecule has 0 aliphatic heterocycles. The van der Waals surface area contributed by atoms with Gasteiger partial charge in [0.25, 0.3) is 5.91 Å². The SMILES string of the molecule is COc1cc(NC(=O)c2csc(Nc3ccc(OC(F)F)cc3)n2)cc(OC)c1OC. The highest BCUT2D eigenvalue weighted by Crippen LogP contribution is 2.40. The van der Waals surface area contributed by atoms with Crippen LogP contribution in [0.15, 0.2) is 41.8 Å². The first-order valence-electron chi connectivity index (χ1n) is 8.82. The van der Waals surface area contributed by atoms with Crippen LogP contribution in [-0.2, 0) is 0 Å². The van der Waals surface area contributed by atoms with Gasteiger partial charge in [0.05, 0.1) is 21.3 Å². The quantitative estimate of drug-likeness (QED) is 0.484. The average molecular weight is 451 g/mol. The monoisotopic (exact) mass is 451 g/mol. The number of hydrogen-bond donors (Lipinski definition) is 2. The van der Waals surface area contributed by atoms with E-state index in [-0.39, 0.29) is 11.4 Å². The van der Waals surface area contributed by atoms with Crippen LogP contribution < -0.4 is 29.6 Å². The number of benzene rings is 2. The van der Waals surface area contributed by atoms with E-state index in [1.54, 1.807) is 29.6 Å². The van der Waals surface area contributed by atoms with Crippen LogP contribution in [0.4, 0.5) is 25.3 Å². The molecule has 2 N–H and O–H groups in total. The second-order valence-corrected chi connectivity index (χ2v) is 6.79. The Hall–Kier alpha value is -3.60. The maximum absolute atomic E-state index is 12.6. The van der Waals surface area contributed by atoms with E-state index in [0.717, 1.165) is 0 Å². The lowest BCUT2D eigenvalue weighted by Crippen LogP contribution is -2.12. The number of nitrogens with one attached hydrogen (secondary N) is 2. The number of carbonyl (C=O) groups is 1. The fourth-order valence-corrected chi connectivity index (χ4v) is 3.34. The largest absolute Gasteiger partial charge is 0.493 e. The highest BCUT2D eigenvalue weighted by Gasteiger charge is 2.17. The maximum atomic E-state index is 12.6. The van der Waals surface area contributed by atoms with Crippen LogP contribution in [0.3, 0.4) is 0 Å². The molecule has 1 heterocycles. The number of rotatable bonds is 9. The van der Waals surface area contributed by atoms with E-state index in [4.69, 9.17) is 14.2 Å². The van der Waals surface area contributed by atoms with Crippen LogP contribution in [0.25, 0.3) is 0 Å². The summed E-state index contributed by atoms with van der Waals surface area (Å²) < 4.78 is 44.6. The van der Waals surface area contributed by atoms with E-state index < -0.39 is 12.5 Å². The summed E-state index contributed by atoms with van der Waals surface area (Å²) in [5, 5.41) is 7.78. The Morgan fingerprint density at radius 3 is 2.19 bits per heavy atom. The summed E-state index contributed by atoms with van der Waals surface area (Å²) in [7, 11) is 4.45. The molecule has 164 valence electrons. The van der Waals surface area contributed by atoms with Gasteiger partial charge in [0.2, 0.25) is 5.75 Å². The molecule has 0 fully saturated rings. The number of carbonyl (C=O) groups excluding carboxylic acids is 1. The summed E-state index contributed by atoms with van der Waals surface area (Å²) >= 11 is 1.22. The Kier molecular flexibility index (Phi) is 7.08. The van der Waals surface area contributed by atoms with Gasteiger partial charge in [-0.3, -0.25) is 4.79 Å². The summed E-state index contributed by atoms with van der Waals surface area (Å²) in [6, 6.07) is 9.14. The number of aromatic nitrogens is 1. The third-order valence-corrected chi connectivity index (χ3v) is 4.75. The van der Waals surface area contributed by atoms with Crippen LogP contribution in [0.2, 0.25) is 0 Å². The first kappa shape index (κ1) is 22.1. The standard InChI is InChI=1S/C20H19F2N3O5S/c1-27-15-8-12(9-16(28-2)17(15)29-3)23-18(26)14-10-31-20(25-14)24-11-4-6-13(7-5-11)30-19(21)22/h4-10,19H,1-3H3,(H,23,26)(H,24,25). The van der Waals surface area contributed by atoms with Gasteiger partial charge in [0, 0.05) is 28.9 Å². The van der Waals surface area contributed by atoms with Crippen molar-refractivity contribution in [2.75, 3.05) is 32.0 Å². The van der Waals surface area contributed by atoms with Gasteiger partial charge in [-0.15, -0.1) is 11.3 Å². The van der Waals surface area contributed by atoms with Crippen molar-refractivity contribution in [1.82, 2.24) is 4.98 Å². The van der Waals surface area contributed by atoms with Crippen LogP contribution in [0.1, 0.15) is 10.5 Å². The van der Waals surface area contributed by atoms with Crippen molar-refractivity contribution in [3.05, 3.63) is 47.5 Å². The molecule has 1 amide bonds. The summed E-state index contributed by atoms with van der Waals surface area (Å²) in [6.45, 7) is -2.88. The molecule has 0 aliphatic carbocycles. The van der Waals surface area contributed by atoms with Gasteiger partial charge < -0.3 is 29.6 Å². The number of alkyl halides is 2. The lowest BCUT2D eigenvalue weighted by Gasteiger charge is -2.14. The molecule has 0 aliphatic rings. The zero-order valence-corrected chi connectivity index (χ0v) is 17.6. The maximum Gasteiger partial charge on any atom is 0.387 e. The Balaban J connectivity index is 1.69. The van der Waals surface area contributed by atoms with Gasteiger partial charge in [-0.1, -0.05) is 0 Å². The predicted octanol–water partition coefficient (Wildman–Crippen LogP) is 4.77. The lowest BCUT2D eigenvalue weighted by atomic mass is 10.2. The molecule has 3 rings (SSSR count). The van der Waals surface area contributed by atoms with E-state index in [2.05, 4.69) is 20.4 Å². The van der Waals surface area contributed by atoms with Crippen molar-refractivity contribution in [1.29, 1.82) is 0 Å². The molecule has 0 unspecified atom stereocenters. The van der Waals surface area contributed by atoms with E-state index in [9.17, 15) is 13.6 Å². The summed E-state index contributed by atoms with van der Waals surface area (Å²) in [6.07, 6.45) is 0. The Bertz CT molecular complexity index is 1020. The Morgan fingerprint density at radius 2 is 1.65 bits per heavy atom. The van der Waals surface area contributed by atoms with E-state index >= 15 is 0 Å². The first-order chi connectivity index (χ1) is 14.9. The van der Waals surface area contributed by atoms with E-state index in [1.165, 1.54) is 44.8 Å². The fraction of sp³-hybridized carbons (Fsp3) is 0.200. The molecule has 0 atom stereocenters. The van der Waals surface area contributed by atoms with Crippen molar-refractivity contribution in [2.45, 2.75) is 6.61 Å². The number of thiazole rings is 1. The zero-order valence-electron chi connectivity index (χ0n) is 16.8. The minimum absolute atomic E-state index is 0.0464. The number of methoxy groups -OCH3 is 3. The first-order valence-corrected chi connectivity index (χ1v) is 9.70. The second kappa shape index (κ2) is 9.94. The molecule has 31 heavy (non-hydrogen) atoms. The summed E-state index contributed by atoms with van der Waals surface area (Å²) in [5.41, 5.74) is 1.24. The number of halogens is 2. The number of anilines is 3. The normalized spacial score (nSPS) is 10.5. The molecule has 0 saturated carbocycles. The van der Waals surface area contributed by atoms with Gasteiger partial charge >= 0.3 is 6.61 Å². The molecule has 3 aromatic rings. The minimum atomic E-state index is -2.88. The molecular weight excluding hydrogens is 432 g/mol. The lowest BCUT2D eigenvalue weighted by molar-refractivity contribution is -0.0498. The third-order valence-electron chi connectivity index (χ3n) is 3.99. The van der Waals surface area contributed by atoms with Crippen molar-refractivity contribution in [2.24, 2.45) is 0 Å². The zero-order chi connectivity index (χ0) is 22.4. The molecule has 0 saturated heterocycles. The molecule has 8 nitrogen and oxygen atoms in total. The van der Waals surface area contributed by atoms with Crippen molar-refractivity contribution >= 4 is 33.8 Å². The Labute approximate surface area is 180 Å². The number of ether oxygens (including phenoxy) is 4. The van der Waals surface area contributed by atoms with Crippen molar-refractivity contribution in [3.8, 4) is 23.0 Å². The van der Waals surface area contributed by atoms with Crippen LogP contribution in [-0.4, -0.2) is 38.8 Å². The number of hydrogen-bond acceptors (Lipinski definition) is 8. The van der Waals surface area contributed by atoms with E-state index in [1.807, 2.05) is 0 Å². The number of amides is 1. The average Bonchev–Trinajstić information content (AvgIpc) is 3.22. The van der Waals surface area contributed by atoms with Gasteiger partial charge in [-0.25, -0.2) is 4.98 Å². The second-order valence-electron chi connectivity index (χ2n) is 5.93. The molecule has 2 aromatic carbocycles. The molecule has 0 spiro atoms. The van der Waals surface area contributed by atoms with Gasteiger partial charge in [0.15, 0.2) is 16.6 Å². The van der Waals surface area contributed by atoms with Crippen LogP contribution >= 0.6 is 11.3 Å². The van der Waals surface area contributed by atoms with Crippen LogP contribution in [0, 0.1) is 0 Å². The smallest absolute Gasteiger partial charge is 0.387 e. The van der Waals surface area contributed by atoms with Gasteiger partial charge in [-0.05, 0) is 24.3 Å². The summed E-state index contributed by atoms with van der Waals surface area (Å²) in [4.78, 5) is 16.8. The molecular formula is C20H19F2N3O5S. The summed E-state index contributed by atoms with van der Waals surface area (Å²) in [5.74, 6) is 0.826. The molecule has 0 bridgehead atoms. The van der Waals surface area contributed by atoms with Crippen molar-refractivity contribution in [3.63, 3.8) is 0 Å². The highest BCUT2D eigenvalue weighted by molar-refractivity contribution is 7.14. The fourth-order valence-electron chi connectivity index (χ4n) is 2.63. The topological polar surface area (TPSA) is 90.9 Å². The highest BCUT2D eigenvalue weighted by atomic mass is 32.1. The van der Waals surface area contributed by atoms with Gasteiger partial charge in [-0.2, -0.15) is 8.78 Å².